The molecule has 0 radical (unpaired) electrons. The van der Waals surface area contributed by atoms with Gasteiger partial charge in [0.15, 0.2) is 0 Å². The molecule has 0 bridgehead atoms. The van der Waals surface area contributed by atoms with Crippen molar-refractivity contribution in [3.05, 3.63) is 60.2 Å². The number of carbonyl (C=O) groups is 1. The van der Waals surface area contributed by atoms with Crippen molar-refractivity contribution in [2.24, 2.45) is 0 Å². The number of hydrogen-bond donors (Lipinski definition) is 1. The first kappa shape index (κ1) is 23.6. The minimum Gasteiger partial charge on any atom is -0.468 e. The van der Waals surface area contributed by atoms with Gasteiger partial charge in [-0.3, -0.25) is 4.79 Å². The highest BCUT2D eigenvalue weighted by Crippen LogP contribution is 2.45. The first-order chi connectivity index (χ1) is 14.6. The molecule has 9 heteroatoms. The van der Waals surface area contributed by atoms with Gasteiger partial charge in [0.2, 0.25) is 10.0 Å². The van der Waals surface area contributed by atoms with Crippen LogP contribution >= 0.6 is 0 Å². The first-order valence-electron chi connectivity index (χ1n) is 10.1. The number of nitrogens with zero attached hydrogens (tertiary/aromatic N) is 1. The van der Waals surface area contributed by atoms with Crippen LogP contribution in [0.15, 0.2) is 59.5 Å². The third kappa shape index (κ3) is 4.46. The van der Waals surface area contributed by atoms with Gasteiger partial charge in [-0.05, 0) is 19.1 Å². The van der Waals surface area contributed by atoms with Crippen molar-refractivity contribution < 1.29 is 27.8 Å². The van der Waals surface area contributed by atoms with Gasteiger partial charge in [0.1, 0.15) is 25.9 Å². The number of hydrogen-bond acceptors (Lipinski definition) is 6. The molecule has 7 nitrogen and oxygen atoms in total. The van der Waals surface area contributed by atoms with Gasteiger partial charge in [0.25, 0.3) is 0 Å². The maximum absolute atomic E-state index is 13.5. The lowest BCUT2D eigenvalue weighted by Gasteiger charge is -2.34. The molecule has 1 fully saturated rings. The second-order valence-corrected chi connectivity index (χ2v) is 14.9. The molecule has 1 heterocycles. The van der Waals surface area contributed by atoms with Gasteiger partial charge in [0, 0.05) is 6.54 Å². The van der Waals surface area contributed by atoms with E-state index in [1.165, 1.54) is 19.2 Å². The molecule has 0 saturated carbocycles. The standard InChI is InChI=1S/C22H29NO6SSi/c1-17-10-12-18(13-11-17)30(26,27)23(14-21(25)28-2)16-22(20(15-24)29-22)31(3,4)19-8-6-5-7-9-19/h5-13,20,24H,14-16H2,1-4H3/t20-,22-/m0/s1. The van der Waals surface area contributed by atoms with E-state index in [0.29, 0.717) is 0 Å². The quantitative estimate of drug-likeness (QED) is 0.343. The van der Waals surface area contributed by atoms with E-state index in [1.807, 2.05) is 37.3 Å². The van der Waals surface area contributed by atoms with Gasteiger partial charge in [-0.15, -0.1) is 0 Å². The fourth-order valence-electron chi connectivity index (χ4n) is 3.95. The summed E-state index contributed by atoms with van der Waals surface area (Å²) in [5.74, 6) is -0.661. The Kier molecular flexibility index (Phi) is 6.73. The molecule has 0 spiro atoms. The Hall–Kier alpha value is -2.04. The summed E-state index contributed by atoms with van der Waals surface area (Å²) in [6.07, 6.45) is -0.497. The molecule has 0 aromatic heterocycles. The summed E-state index contributed by atoms with van der Waals surface area (Å²) in [4.78, 5) is 12.2. The van der Waals surface area contributed by atoms with Gasteiger partial charge in [-0.25, -0.2) is 8.42 Å². The van der Waals surface area contributed by atoms with E-state index in [2.05, 4.69) is 13.1 Å². The highest BCUT2D eigenvalue weighted by Gasteiger charge is 2.67. The Bertz CT molecular complexity index is 1030. The van der Waals surface area contributed by atoms with Gasteiger partial charge < -0.3 is 14.6 Å². The molecular weight excluding hydrogens is 434 g/mol. The zero-order valence-electron chi connectivity index (χ0n) is 18.2. The number of benzene rings is 2. The third-order valence-corrected chi connectivity index (χ3v) is 12.4. The van der Waals surface area contributed by atoms with Crippen LogP contribution < -0.4 is 5.19 Å². The van der Waals surface area contributed by atoms with Crippen LogP contribution in [0.2, 0.25) is 13.1 Å². The SMILES string of the molecule is COC(=O)CN(C[C@@]1([Si](C)(C)c2ccccc2)O[C@H]1CO)S(=O)(=O)c1ccc(C)cc1. The summed E-state index contributed by atoms with van der Waals surface area (Å²) in [6, 6.07) is 16.3. The van der Waals surface area contributed by atoms with Gasteiger partial charge in [-0.2, -0.15) is 4.31 Å². The summed E-state index contributed by atoms with van der Waals surface area (Å²) >= 11 is 0. The summed E-state index contributed by atoms with van der Waals surface area (Å²) in [5, 5.41) is 10.1. The Morgan fingerprint density at radius 3 is 2.29 bits per heavy atom. The van der Waals surface area contributed by atoms with Crippen LogP contribution in [-0.4, -0.2) is 70.0 Å². The maximum Gasteiger partial charge on any atom is 0.321 e. The Morgan fingerprint density at radius 2 is 1.77 bits per heavy atom. The number of esters is 1. The van der Waals surface area contributed by atoms with E-state index in [9.17, 15) is 18.3 Å². The van der Waals surface area contributed by atoms with Gasteiger partial charge in [-0.1, -0.05) is 66.3 Å². The summed E-state index contributed by atoms with van der Waals surface area (Å²) in [5.41, 5.74) is 0.929. The van der Waals surface area contributed by atoms with E-state index in [-0.39, 0.29) is 18.0 Å². The normalized spacial score (nSPS) is 21.2. The number of carbonyl (C=O) groups excluding carboxylic acids is 1. The number of ether oxygens (including phenoxy) is 2. The van der Waals surface area contributed by atoms with E-state index < -0.39 is 41.9 Å². The second-order valence-electron chi connectivity index (χ2n) is 8.33. The first-order valence-corrected chi connectivity index (χ1v) is 14.5. The van der Waals surface area contributed by atoms with Crippen molar-refractivity contribution >= 4 is 29.3 Å². The molecule has 1 aliphatic heterocycles. The zero-order chi connectivity index (χ0) is 22.9. The van der Waals surface area contributed by atoms with Crippen LogP contribution in [0.25, 0.3) is 0 Å². The minimum atomic E-state index is -4.00. The van der Waals surface area contributed by atoms with Gasteiger partial charge >= 0.3 is 5.97 Å². The van der Waals surface area contributed by atoms with E-state index in [0.717, 1.165) is 15.1 Å². The van der Waals surface area contributed by atoms with E-state index in [1.54, 1.807) is 12.1 Å². The Balaban J connectivity index is 2.03. The molecule has 1 saturated heterocycles. The lowest BCUT2D eigenvalue weighted by atomic mass is 10.2. The van der Waals surface area contributed by atoms with Crippen LogP contribution in [-0.2, 0) is 24.3 Å². The number of aliphatic hydroxyl groups excluding tert-OH is 1. The number of aliphatic hydroxyl groups is 1. The molecule has 2 aromatic rings. The van der Waals surface area contributed by atoms with Crippen molar-refractivity contribution in [3.8, 4) is 0 Å². The van der Waals surface area contributed by atoms with E-state index >= 15 is 0 Å². The minimum absolute atomic E-state index is 0.0440. The Labute approximate surface area is 184 Å². The molecule has 1 N–H and O–H groups in total. The zero-order valence-corrected chi connectivity index (χ0v) is 20.1. The average Bonchev–Trinajstić information content (AvgIpc) is 3.49. The van der Waals surface area contributed by atoms with E-state index in [4.69, 9.17) is 9.47 Å². The fraction of sp³-hybridized carbons (Fsp3) is 0.409. The molecule has 0 amide bonds. The predicted octanol–water partition coefficient (Wildman–Crippen LogP) is 1.44. The number of epoxide rings is 1. The summed E-state index contributed by atoms with van der Waals surface area (Å²) in [6.45, 7) is 5.35. The molecule has 3 rings (SSSR count). The van der Waals surface area contributed by atoms with Crippen molar-refractivity contribution in [3.63, 3.8) is 0 Å². The largest absolute Gasteiger partial charge is 0.468 e. The second kappa shape index (κ2) is 8.83. The van der Waals surface area contributed by atoms with Crippen LogP contribution in [0.1, 0.15) is 5.56 Å². The third-order valence-electron chi connectivity index (χ3n) is 6.14. The molecule has 2 aromatic carbocycles. The summed E-state index contributed by atoms with van der Waals surface area (Å²) < 4.78 is 38.9. The molecule has 2 atom stereocenters. The van der Waals surface area contributed by atoms with Crippen molar-refractivity contribution in [2.45, 2.75) is 36.2 Å². The van der Waals surface area contributed by atoms with Crippen LogP contribution in [0.5, 0.6) is 0 Å². The molecule has 0 aliphatic carbocycles. The van der Waals surface area contributed by atoms with Crippen molar-refractivity contribution in [1.29, 1.82) is 0 Å². The van der Waals surface area contributed by atoms with Crippen molar-refractivity contribution in [2.75, 3.05) is 26.8 Å². The van der Waals surface area contributed by atoms with Gasteiger partial charge in [0.05, 0.1) is 18.6 Å². The topological polar surface area (TPSA) is 96.4 Å². The highest BCUT2D eigenvalue weighted by atomic mass is 32.2. The smallest absolute Gasteiger partial charge is 0.321 e. The van der Waals surface area contributed by atoms with Crippen molar-refractivity contribution in [1.82, 2.24) is 4.31 Å². The maximum atomic E-state index is 13.5. The lowest BCUT2D eigenvalue weighted by molar-refractivity contribution is -0.140. The number of rotatable bonds is 9. The number of sulfonamides is 1. The number of methoxy groups -OCH3 is 1. The molecule has 1 aliphatic rings. The average molecular weight is 464 g/mol. The monoisotopic (exact) mass is 463 g/mol. The summed E-state index contributed by atoms with van der Waals surface area (Å²) in [7, 11) is -5.21. The fourth-order valence-corrected chi connectivity index (χ4v) is 8.91. The molecule has 0 unspecified atom stereocenters. The Morgan fingerprint density at radius 1 is 1.16 bits per heavy atom. The number of aryl methyl sites for hydroxylation is 1. The van der Waals surface area contributed by atoms with Crippen LogP contribution in [0, 0.1) is 6.92 Å². The molecule has 168 valence electrons. The predicted molar refractivity (Wildman–Crippen MR) is 120 cm³/mol. The molecule has 31 heavy (non-hydrogen) atoms. The highest BCUT2D eigenvalue weighted by molar-refractivity contribution is 7.89. The lowest BCUT2D eigenvalue weighted by Crippen LogP contribution is -2.62. The van der Waals surface area contributed by atoms with Crippen LogP contribution in [0.3, 0.4) is 0 Å². The molecular formula is C22H29NO6SSi. The van der Waals surface area contributed by atoms with Crippen LogP contribution in [0.4, 0.5) is 0 Å².